The average molecular weight is 483 g/mol. The second kappa shape index (κ2) is 11.5. The number of alkyl carbamates (subject to hydrolysis) is 1. The lowest BCUT2D eigenvalue weighted by atomic mass is 9.98. The molecular weight excluding hydrogens is 452 g/mol. The minimum absolute atomic E-state index is 0.0133. The molecule has 3 rings (SSSR count). The Hall–Kier alpha value is -3.88. The molecule has 0 aliphatic heterocycles. The number of methoxy groups -OCH3 is 1. The van der Waals surface area contributed by atoms with Gasteiger partial charge in [-0.2, -0.15) is 0 Å². The van der Waals surface area contributed by atoms with Crippen molar-refractivity contribution >= 4 is 23.9 Å². The van der Waals surface area contributed by atoms with Gasteiger partial charge in [-0.15, -0.1) is 0 Å². The van der Waals surface area contributed by atoms with Crippen LogP contribution in [0.1, 0.15) is 43.7 Å². The zero-order valence-corrected chi connectivity index (χ0v) is 19.9. The largest absolute Gasteiger partial charge is 0.481 e. The first-order chi connectivity index (χ1) is 16.7. The van der Waals surface area contributed by atoms with Gasteiger partial charge in [0, 0.05) is 5.92 Å². The van der Waals surface area contributed by atoms with E-state index >= 15 is 0 Å². The molecule has 0 radical (unpaired) electrons. The summed E-state index contributed by atoms with van der Waals surface area (Å²) in [5.41, 5.74) is 4.19. The first-order valence-corrected chi connectivity index (χ1v) is 11.4. The summed E-state index contributed by atoms with van der Waals surface area (Å²) in [7, 11) is 1.20. The molecule has 9 heteroatoms. The standard InChI is InChI=1S/C26H30N2O7/c1-15(2)12-22(25(32)34-3)27-24(31)21(13-23(29)30)28-26(33)35-14-20-18-10-6-4-8-16(18)17-9-5-7-11-19(17)20/h4-11,15,20-22H,12-14H2,1-3H3,(H,27,31)(H,28,33)(H,29,30)/t21?,22-/m0/s1. The summed E-state index contributed by atoms with van der Waals surface area (Å²) in [6, 6.07) is 13.3. The number of nitrogens with one attached hydrogen (secondary N) is 2. The summed E-state index contributed by atoms with van der Waals surface area (Å²) in [5, 5.41) is 14.1. The molecule has 2 atom stereocenters. The van der Waals surface area contributed by atoms with Crippen molar-refractivity contribution in [2.75, 3.05) is 13.7 Å². The Morgan fingerprint density at radius 3 is 2.00 bits per heavy atom. The SMILES string of the molecule is COC(=O)[C@H](CC(C)C)NC(=O)C(CC(=O)O)NC(=O)OCC1c2ccccc2-c2ccccc21. The van der Waals surface area contributed by atoms with E-state index in [1.165, 1.54) is 7.11 Å². The molecule has 3 N–H and O–H groups in total. The first kappa shape index (κ1) is 25.7. The third kappa shape index (κ3) is 6.38. The number of ether oxygens (including phenoxy) is 2. The number of hydrogen-bond acceptors (Lipinski definition) is 6. The molecule has 1 aliphatic rings. The highest BCUT2D eigenvalue weighted by Crippen LogP contribution is 2.44. The molecule has 2 aromatic rings. The number of hydrogen-bond donors (Lipinski definition) is 3. The van der Waals surface area contributed by atoms with E-state index in [-0.39, 0.29) is 18.4 Å². The summed E-state index contributed by atoms with van der Waals surface area (Å²) < 4.78 is 10.2. The van der Waals surface area contributed by atoms with Crippen molar-refractivity contribution in [2.45, 2.75) is 44.7 Å². The first-order valence-electron chi connectivity index (χ1n) is 11.4. The lowest BCUT2D eigenvalue weighted by Gasteiger charge is -2.22. The molecule has 186 valence electrons. The highest BCUT2D eigenvalue weighted by molar-refractivity contribution is 5.92. The number of rotatable bonds is 10. The summed E-state index contributed by atoms with van der Waals surface area (Å²) >= 11 is 0. The molecule has 2 amide bonds. The number of amides is 2. The quantitative estimate of drug-likeness (QED) is 0.444. The maximum atomic E-state index is 12.8. The molecule has 0 saturated carbocycles. The Bertz CT molecular complexity index is 1050. The number of benzene rings is 2. The molecule has 0 saturated heterocycles. The smallest absolute Gasteiger partial charge is 0.407 e. The van der Waals surface area contributed by atoms with E-state index in [0.29, 0.717) is 6.42 Å². The molecule has 0 aromatic heterocycles. The zero-order valence-electron chi connectivity index (χ0n) is 19.9. The monoisotopic (exact) mass is 482 g/mol. The third-order valence-corrected chi connectivity index (χ3v) is 5.84. The van der Waals surface area contributed by atoms with Crippen LogP contribution in [0, 0.1) is 5.92 Å². The molecule has 0 heterocycles. The van der Waals surface area contributed by atoms with Gasteiger partial charge in [-0.3, -0.25) is 9.59 Å². The molecule has 1 unspecified atom stereocenters. The van der Waals surface area contributed by atoms with Crippen LogP contribution >= 0.6 is 0 Å². The van der Waals surface area contributed by atoms with Crippen molar-refractivity contribution in [3.8, 4) is 11.1 Å². The predicted molar refractivity (Wildman–Crippen MR) is 128 cm³/mol. The van der Waals surface area contributed by atoms with E-state index < -0.39 is 42.4 Å². The van der Waals surface area contributed by atoms with Crippen LogP contribution in [0.15, 0.2) is 48.5 Å². The van der Waals surface area contributed by atoms with E-state index in [1.54, 1.807) is 0 Å². The van der Waals surface area contributed by atoms with Gasteiger partial charge in [0.15, 0.2) is 0 Å². The van der Waals surface area contributed by atoms with Gasteiger partial charge < -0.3 is 25.2 Å². The van der Waals surface area contributed by atoms with Crippen molar-refractivity contribution < 1.29 is 33.8 Å². The fraction of sp³-hybridized carbons (Fsp3) is 0.385. The number of fused-ring (bicyclic) bond motifs is 3. The van der Waals surface area contributed by atoms with Gasteiger partial charge in [-0.1, -0.05) is 62.4 Å². The van der Waals surface area contributed by atoms with Gasteiger partial charge in [0.1, 0.15) is 18.7 Å². The molecule has 0 spiro atoms. The van der Waals surface area contributed by atoms with Gasteiger partial charge >= 0.3 is 18.0 Å². The minimum atomic E-state index is -1.43. The van der Waals surface area contributed by atoms with E-state index in [4.69, 9.17) is 9.47 Å². The van der Waals surface area contributed by atoms with Gasteiger partial charge in [-0.05, 0) is 34.6 Å². The summed E-state index contributed by atoms with van der Waals surface area (Å²) in [6.07, 6.45) is -1.30. The normalized spacial score (nSPS) is 13.8. The van der Waals surface area contributed by atoms with Crippen molar-refractivity contribution in [1.82, 2.24) is 10.6 Å². The van der Waals surface area contributed by atoms with E-state index in [1.807, 2.05) is 62.4 Å². The van der Waals surface area contributed by atoms with E-state index in [9.17, 15) is 24.3 Å². The van der Waals surface area contributed by atoms with Gasteiger partial charge in [-0.25, -0.2) is 9.59 Å². The number of aliphatic carboxylic acids is 1. The maximum Gasteiger partial charge on any atom is 0.407 e. The Labute approximate surface area is 203 Å². The van der Waals surface area contributed by atoms with Crippen LogP contribution in [-0.4, -0.2) is 54.8 Å². The average Bonchev–Trinajstić information content (AvgIpc) is 3.14. The van der Waals surface area contributed by atoms with Crippen LogP contribution in [-0.2, 0) is 23.9 Å². The van der Waals surface area contributed by atoms with Crippen LogP contribution in [0.25, 0.3) is 11.1 Å². The molecule has 35 heavy (non-hydrogen) atoms. The summed E-state index contributed by atoms with van der Waals surface area (Å²) in [6.45, 7) is 3.75. The second-order valence-corrected chi connectivity index (χ2v) is 8.83. The van der Waals surface area contributed by atoms with Crippen molar-refractivity contribution in [3.63, 3.8) is 0 Å². The molecule has 2 aromatic carbocycles. The molecule has 0 fully saturated rings. The Morgan fingerprint density at radius 1 is 0.914 bits per heavy atom. The second-order valence-electron chi connectivity index (χ2n) is 8.83. The van der Waals surface area contributed by atoms with Crippen molar-refractivity contribution in [2.24, 2.45) is 5.92 Å². The van der Waals surface area contributed by atoms with E-state index in [0.717, 1.165) is 22.3 Å². The van der Waals surface area contributed by atoms with E-state index in [2.05, 4.69) is 10.6 Å². The Morgan fingerprint density at radius 2 is 1.49 bits per heavy atom. The number of carboxylic acids is 1. The van der Waals surface area contributed by atoms with Crippen LogP contribution in [0.5, 0.6) is 0 Å². The third-order valence-electron chi connectivity index (χ3n) is 5.84. The highest BCUT2D eigenvalue weighted by Gasteiger charge is 2.32. The number of carboxylic acid groups (broad SMARTS) is 1. The summed E-state index contributed by atoms with van der Waals surface area (Å²) in [5.74, 6) is -2.87. The van der Waals surface area contributed by atoms with Crippen LogP contribution in [0.2, 0.25) is 0 Å². The lowest BCUT2D eigenvalue weighted by molar-refractivity contribution is -0.146. The van der Waals surface area contributed by atoms with Crippen molar-refractivity contribution in [3.05, 3.63) is 59.7 Å². The Kier molecular flexibility index (Phi) is 8.46. The van der Waals surface area contributed by atoms with Gasteiger partial charge in [0.25, 0.3) is 0 Å². The number of carbonyl (C=O) groups excluding carboxylic acids is 3. The van der Waals surface area contributed by atoms with Crippen LogP contribution in [0.3, 0.4) is 0 Å². The number of esters is 1. The molecule has 0 bridgehead atoms. The molecule has 1 aliphatic carbocycles. The highest BCUT2D eigenvalue weighted by atomic mass is 16.5. The van der Waals surface area contributed by atoms with Crippen LogP contribution < -0.4 is 10.6 Å². The fourth-order valence-corrected chi connectivity index (χ4v) is 4.27. The predicted octanol–water partition coefficient (Wildman–Crippen LogP) is 3.07. The van der Waals surface area contributed by atoms with Crippen molar-refractivity contribution in [1.29, 1.82) is 0 Å². The zero-order chi connectivity index (χ0) is 25.5. The van der Waals surface area contributed by atoms with Gasteiger partial charge in [0.05, 0.1) is 13.5 Å². The number of carbonyl (C=O) groups is 4. The maximum absolute atomic E-state index is 12.8. The Balaban J connectivity index is 1.67. The topological polar surface area (TPSA) is 131 Å². The minimum Gasteiger partial charge on any atom is -0.481 e. The summed E-state index contributed by atoms with van der Waals surface area (Å²) in [4.78, 5) is 48.7. The lowest BCUT2D eigenvalue weighted by Crippen LogP contribution is -2.53. The fourth-order valence-electron chi connectivity index (χ4n) is 4.27. The molecular formula is C26H30N2O7. The van der Waals surface area contributed by atoms with Crippen LogP contribution in [0.4, 0.5) is 4.79 Å². The molecule has 9 nitrogen and oxygen atoms in total. The van der Waals surface area contributed by atoms with Gasteiger partial charge in [0.2, 0.25) is 5.91 Å².